The zero-order valence-electron chi connectivity index (χ0n) is 24.0. The van der Waals surface area contributed by atoms with Crippen molar-refractivity contribution in [3.05, 3.63) is 0 Å². The van der Waals surface area contributed by atoms with E-state index in [1.54, 1.807) is 4.90 Å². The Hall–Kier alpha value is -2.45. The zero-order valence-corrected chi connectivity index (χ0v) is 24.0. The lowest BCUT2D eigenvalue weighted by Gasteiger charge is -2.38. The molecule has 5 atom stereocenters. The fourth-order valence-electron chi connectivity index (χ4n) is 5.93. The first-order valence-corrected chi connectivity index (χ1v) is 13.6. The molecule has 3 aliphatic rings. The molecule has 0 aromatic carbocycles. The van der Waals surface area contributed by atoms with Crippen LogP contribution in [0.2, 0.25) is 0 Å². The Morgan fingerprint density at radius 2 is 1.57 bits per heavy atom. The summed E-state index contributed by atoms with van der Waals surface area (Å²) >= 11 is 0. The first kappa shape index (κ1) is 29.1. The maximum absolute atomic E-state index is 13.9. The Balaban J connectivity index is 1.83. The molecule has 3 rings (SSSR count). The largest absolute Gasteiger partial charge is 0.344 e. The molecule has 0 spiro atoms. The number of likely N-dealkylation sites (tertiary alicyclic amines) is 1. The first-order chi connectivity index (χ1) is 16.8. The minimum Gasteiger partial charge on any atom is -0.344 e. The summed E-state index contributed by atoms with van der Waals surface area (Å²) in [6, 6.07) is -2.93. The van der Waals surface area contributed by atoms with Gasteiger partial charge < -0.3 is 20.9 Å². The van der Waals surface area contributed by atoms with Gasteiger partial charge in [0.15, 0.2) is 5.78 Å². The van der Waals surface area contributed by atoms with Crippen molar-refractivity contribution >= 4 is 29.4 Å². The van der Waals surface area contributed by atoms with Crippen molar-refractivity contribution in [3.8, 4) is 0 Å². The molecule has 0 radical (unpaired) electrons. The van der Waals surface area contributed by atoms with E-state index in [-0.39, 0.29) is 23.2 Å². The highest BCUT2D eigenvalue weighted by Crippen LogP contribution is 2.65. The average molecular weight is 519 g/mol. The molecule has 0 bridgehead atoms. The Morgan fingerprint density at radius 3 is 2.03 bits per heavy atom. The Morgan fingerprint density at radius 1 is 0.973 bits per heavy atom. The van der Waals surface area contributed by atoms with Gasteiger partial charge in [-0.15, -0.1) is 0 Å². The van der Waals surface area contributed by atoms with Crippen LogP contribution in [-0.2, 0) is 19.2 Å². The molecular weight excluding hydrogens is 472 g/mol. The van der Waals surface area contributed by atoms with Crippen molar-refractivity contribution < 1.29 is 24.0 Å². The van der Waals surface area contributed by atoms with Crippen molar-refractivity contribution in [1.82, 2.24) is 20.9 Å². The second kappa shape index (κ2) is 10.0. The number of ketones is 2. The number of carbonyl (C=O) groups is 5. The highest BCUT2D eigenvalue weighted by Gasteiger charge is 2.70. The number of nitrogens with zero attached hydrogens (tertiary/aromatic N) is 1. The van der Waals surface area contributed by atoms with Crippen LogP contribution in [0.4, 0.5) is 4.79 Å². The SMILES string of the molecule is CC(=O)C(=O)[C@@H](CC1CCC1)NC(=O)[C@@H]1[C@@H]2[C@H](CN1C(=O)[C@@H](NC(=O)NC(C)(C)C)C(C)(C)C)C2(C)C. The molecule has 0 unspecified atom stereocenters. The van der Waals surface area contributed by atoms with Crippen molar-refractivity contribution in [1.29, 1.82) is 0 Å². The summed E-state index contributed by atoms with van der Waals surface area (Å²) in [4.78, 5) is 66.5. The third-order valence-electron chi connectivity index (χ3n) is 8.41. The molecule has 3 fully saturated rings. The number of carbonyl (C=O) groups excluding carboxylic acids is 5. The smallest absolute Gasteiger partial charge is 0.315 e. The van der Waals surface area contributed by atoms with Crippen LogP contribution in [0.3, 0.4) is 0 Å². The van der Waals surface area contributed by atoms with E-state index < -0.39 is 52.6 Å². The number of hydrogen-bond donors (Lipinski definition) is 3. The molecule has 208 valence electrons. The quantitative estimate of drug-likeness (QED) is 0.426. The van der Waals surface area contributed by atoms with Gasteiger partial charge in [-0.1, -0.05) is 53.9 Å². The lowest BCUT2D eigenvalue weighted by Crippen LogP contribution is -2.62. The summed E-state index contributed by atoms with van der Waals surface area (Å²) in [5.41, 5.74) is -1.19. The van der Waals surface area contributed by atoms with E-state index in [0.29, 0.717) is 18.9 Å². The average Bonchev–Trinajstić information content (AvgIpc) is 3.06. The van der Waals surface area contributed by atoms with Crippen LogP contribution < -0.4 is 16.0 Å². The third-order valence-corrected chi connectivity index (χ3v) is 8.41. The fourth-order valence-corrected chi connectivity index (χ4v) is 5.93. The number of piperidine rings is 1. The first-order valence-electron chi connectivity index (χ1n) is 13.6. The van der Waals surface area contributed by atoms with Gasteiger partial charge in [0.05, 0.1) is 6.04 Å². The van der Waals surface area contributed by atoms with E-state index in [1.165, 1.54) is 6.92 Å². The lowest BCUT2D eigenvalue weighted by molar-refractivity contribution is -0.145. The van der Waals surface area contributed by atoms with Crippen LogP contribution in [-0.4, -0.2) is 64.5 Å². The van der Waals surface area contributed by atoms with Crippen molar-refractivity contribution in [3.63, 3.8) is 0 Å². The Kier molecular flexibility index (Phi) is 7.89. The minimum atomic E-state index is -0.873. The lowest BCUT2D eigenvalue weighted by atomic mass is 9.79. The van der Waals surface area contributed by atoms with Crippen LogP contribution in [0.5, 0.6) is 0 Å². The number of nitrogens with one attached hydrogen (secondary N) is 3. The van der Waals surface area contributed by atoms with Gasteiger partial charge in [-0.05, 0) is 55.8 Å². The van der Waals surface area contributed by atoms with Crippen LogP contribution in [0.25, 0.3) is 0 Å². The van der Waals surface area contributed by atoms with Crippen LogP contribution in [0.1, 0.15) is 88.0 Å². The van der Waals surface area contributed by atoms with Gasteiger partial charge in [0, 0.05) is 19.0 Å². The van der Waals surface area contributed by atoms with E-state index in [1.807, 2.05) is 41.5 Å². The number of amides is 4. The maximum Gasteiger partial charge on any atom is 0.315 e. The van der Waals surface area contributed by atoms with E-state index in [4.69, 9.17) is 0 Å². The second-order valence-electron chi connectivity index (χ2n) is 14.1. The number of urea groups is 1. The van der Waals surface area contributed by atoms with Gasteiger partial charge in [0.25, 0.3) is 0 Å². The molecule has 1 saturated heterocycles. The van der Waals surface area contributed by atoms with Gasteiger partial charge >= 0.3 is 6.03 Å². The Bertz CT molecular complexity index is 957. The molecule has 2 aliphatic carbocycles. The number of fused-ring (bicyclic) bond motifs is 1. The number of rotatable bonds is 8. The molecule has 4 amide bonds. The topological polar surface area (TPSA) is 125 Å². The van der Waals surface area contributed by atoms with Crippen molar-refractivity contribution in [2.75, 3.05) is 6.54 Å². The Labute approximate surface area is 221 Å². The molecule has 37 heavy (non-hydrogen) atoms. The van der Waals surface area contributed by atoms with Gasteiger partial charge in [-0.25, -0.2) is 4.79 Å². The summed E-state index contributed by atoms with van der Waals surface area (Å²) in [7, 11) is 0. The molecule has 0 aromatic heterocycles. The monoisotopic (exact) mass is 518 g/mol. The summed E-state index contributed by atoms with van der Waals surface area (Å²) in [5.74, 6) is -1.44. The normalized spacial score (nSPS) is 26.3. The predicted molar refractivity (Wildman–Crippen MR) is 141 cm³/mol. The van der Waals surface area contributed by atoms with Gasteiger partial charge in [-0.3, -0.25) is 19.2 Å². The maximum atomic E-state index is 13.9. The van der Waals surface area contributed by atoms with Gasteiger partial charge in [-0.2, -0.15) is 0 Å². The third kappa shape index (κ3) is 6.34. The second-order valence-corrected chi connectivity index (χ2v) is 14.1. The summed E-state index contributed by atoms with van der Waals surface area (Å²) in [6.45, 7) is 17.0. The molecular formula is C28H46N4O5. The highest BCUT2D eigenvalue weighted by molar-refractivity contribution is 6.38. The van der Waals surface area contributed by atoms with E-state index in [9.17, 15) is 24.0 Å². The van der Waals surface area contributed by atoms with Crippen molar-refractivity contribution in [2.45, 2.75) is 112 Å². The van der Waals surface area contributed by atoms with Gasteiger partial charge in [0.1, 0.15) is 12.1 Å². The molecule has 9 heteroatoms. The summed E-state index contributed by atoms with van der Waals surface area (Å²) in [6.07, 6.45) is 3.51. The zero-order chi connectivity index (χ0) is 28.1. The summed E-state index contributed by atoms with van der Waals surface area (Å²) in [5, 5.41) is 8.55. The van der Waals surface area contributed by atoms with Crippen molar-refractivity contribution in [2.24, 2.45) is 28.6 Å². The molecule has 1 heterocycles. The van der Waals surface area contributed by atoms with Crippen LogP contribution in [0.15, 0.2) is 0 Å². The molecule has 2 saturated carbocycles. The van der Waals surface area contributed by atoms with E-state index >= 15 is 0 Å². The minimum absolute atomic E-state index is 0.0442. The molecule has 1 aliphatic heterocycles. The number of Topliss-reactive ketones (excluding diaryl/α,β-unsaturated/α-hetero) is 2. The van der Waals surface area contributed by atoms with Crippen LogP contribution >= 0.6 is 0 Å². The molecule has 0 aromatic rings. The fraction of sp³-hybridized carbons (Fsp3) is 0.821. The standard InChI is InChI=1S/C28H46N4O5/c1-15(33)21(34)18(13-16-11-10-12-16)29-23(35)20-19-17(28(19,8)9)14-32(20)24(36)22(26(2,3)4)30-25(37)31-27(5,6)7/h16-20,22H,10-14H2,1-9H3,(H,29,35)(H2,30,31,37)/t17-,18+,19-,20-,22+/m0/s1. The van der Waals surface area contributed by atoms with Gasteiger partial charge in [0.2, 0.25) is 17.6 Å². The molecule has 3 N–H and O–H groups in total. The van der Waals surface area contributed by atoms with Crippen LogP contribution in [0, 0.1) is 28.6 Å². The molecule has 9 nitrogen and oxygen atoms in total. The van der Waals surface area contributed by atoms with E-state index in [0.717, 1.165) is 19.3 Å². The van der Waals surface area contributed by atoms with E-state index in [2.05, 4.69) is 29.8 Å². The summed E-state index contributed by atoms with van der Waals surface area (Å²) < 4.78 is 0. The predicted octanol–water partition coefficient (Wildman–Crippen LogP) is 2.81. The number of hydrogen-bond acceptors (Lipinski definition) is 5. The highest BCUT2D eigenvalue weighted by atomic mass is 16.2.